The number of hydrogen-bond acceptors (Lipinski definition) is 2. The van der Waals surface area contributed by atoms with Gasteiger partial charge in [-0.05, 0) is 38.0 Å². The molecule has 1 heterocycles. The minimum atomic E-state index is -0.0246. The van der Waals surface area contributed by atoms with Gasteiger partial charge in [0.2, 0.25) is 5.91 Å². The monoisotopic (exact) mass is 297 g/mol. The van der Waals surface area contributed by atoms with Crippen molar-refractivity contribution in [1.29, 1.82) is 0 Å². The zero-order valence-electron chi connectivity index (χ0n) is 10.00. The lowest BCUT2D eigenvalue weighted by Gasteiger charge is -2.12. The Morgan fingerprint density at radius 3 is 2.94 bits per heavy atom. The van der Waals surface area contributed by atoms with Crippen molar-refractivity contribution in [3.63, 3.8) is 0 Å². The third-order valence-electron chi connectivity index (χ3n) is 3.09. The molecule has 2 rings (SSSR count). The fourth-order valence-corrected chi connectivity index (χ4v) is 2.34. The van der Waals surface area contributed by atoms with Crippen LogP contribution in [0.3, 0.4) is 0 Å². The molecule has 1 aromatic carbocycles. The Morgan fingerprint density at radius 1 is 1.53 bits per heavy atom. The first-order valence-electron chi connectivity index (χ1n) is 5.75. The average Bonchev–Trinajstić information content (AvgIpc) is 2.72. The first-order valence-corrected chi connectivity index (χ1v) is 6.55. The second kappa shape index (κ2) is 5.19. The van der Waals surface area contributed by atoms with Gasteiger partial charge in [0, 0.05) is 10.2 Å². The molecule has 1 aliphatic rings. The predicted molar refractivity (Wildman–Crippen MR) is 71.0 cm³/mol. The van der Waals surface area contributed by atoms with Crippen molar-refractivity contribution < 1.29 is 9.53 Å². The summed E-state index contributed by atoms with van der Waals surface area (Å²) < 4.78 is 6.41. The zero-order valence-corrected chi connectivity index (χ0v) is 11.6. The first-order chi connectivity index (χ1) is 8.08. The van der Waals surface area contributed by atoms with Gasteiger partial charge >= 0.3 is 0 Å². The summed E-state index contributed by atoms with van der Waals surface area (Å²) in [4.78, 5) is 12.0. The molecule has 4 heteroatoms. The molecule has 1 fully saturated rings. The third-order valence-corrected chi connectivity index (χ3v) is 3.95. The Balaban J connectivity index is 2.06. The van der Waals surface area contributed by atoms with E-state index in [-0.39, 0.29) is 17.9 Å². The van der Waals surface area contributed by atoms with E-state index in [2.05, 4.69) is 21.2 Å². The van der Waals surface area contributed by atoms with E-state index in [0.717, 1.165) is 22.1 Å². The van der Waals surface area contributed by atoms with Crippen LogP contribution in [0, 0.1) is 12.8 Å². The van der Waals surface area contributed by atoms with Crippen LogP contribution in [-0.4, -0.2) is 18.6 Å². The number of carbonyl (C=O) groups excluding carboxylic acids is 1. The molecule has 2 unspecified atom stereocenters. The van der Waals surface area contributed by atoms with E-state index in [1.54, 1.807) is 0 Å². The molecule has 1 aromatic rings. The Bertz CT molecular complexity index is 433. The van der Waals surface area contributed by atoms with Crippen molar-refractivity contribution in [3.8, 4) is 0 Å². The van der Waals surface area contributed by atoms with Gasteiger partial charge in [-0.25, -0.2) is 0 Å². The minimum Gasteiger partial charge on any atom is -0.378 e. The average molecular weight is 298 g/mol. The molecular formula is C13H16BrNO2. The molecule has 17 heavy (non-hydrogen) atoms. The molecule has 0 spiro atoms. The summed E-state index contributed by atoms with van der Waals surface area (Å²) in [5, 5.41) is 2.96. The standard InChI is InChI=1S/C13H16BrNO2/c1-8-6-10(7-17-8)13(16)15-12-5-3-4-11(14)9(12)2/h3-5,8,10H,6-7H2,1-2H3,(H,15,16). The minimum absolute atomic E-state index is 0.0246. The Kier molecular flexibility index (Phi) is 3.84. The largest absolute Gasteiger partial charge is 0.378 e. The van der Waals surface area contributed by atoms with Crippen molar-refractivity contribution in [2.75, 3.05) is 11.9 Å². The SMILES string of the molecule is Cc1c(Br)cccc1NC(=O)C1COC(C)C1. The fraction of sp³-hybridized carbons (Fsp3) is 0.462. The van der Waals surface area contributed by atoms with E-state index in [1.807, 2.05) is 32.0 Å². The van der Waals surface area contributed by atoms with E-state index in [0.29, 0.717) is 6.61 Å². The fourth-order valence-electron chi connectivity index (χ4n) is 1.98. The topological polar surface area (TPSA) is 38.3 Å². The molecule has 1 aliphatic heterocycles. The molecule has 0 bridgehead atoms. The molecule has 0 aliphatic carbocycles. The number of hydrogen-bond donors (Lipinski definition) is 1. The van der Waals surface area contributed by atoms with E-state index in [1.165, 1.54) is 0 Å². The van der Waals surface area contributed by atoms with Gasteiger partial charge < -0.3 is 10.1 Å². The van der Waals surface area contributed by atoms with E-state index in [4.69, 9.17) is 4.74 Å². The van der Waals surface area contributed by atoms with Crippen LogP contribution in [-0.2, 0) is 9.53 Å². The van der Waals surface area contributed by atoms with Crippen LogP contribution in [0.5, 0.6) is 0 Å². The van der Waals surface area contributed by atoms with Gasteiger partial charge in [0.25, 0.3) is 0 Å². The lowest BCUT2D eigenvalue weighted by molar-refractivity contribution is -0.119. The number of ether oxygens (including phenoxy) is 1. The van der Waals surface area contributed by atoms with Crippen LogP contribution in [0.25, 0.3) is 0 Å². The van der Waals surface area contributed by atoms with Crippen molar-refractivity contribution in [2.24, 2.45) is 5.92 Å². The Labute approximate surface area is 110 Å². The number of anilines is 1. The summed E-state index contributed by atoms with van der Waals surface area (Å²) in [6, 6.07) is 5.80. The summed E-state index contributed by atoms with van der Waals surface area (Å²) in [6.07, 6.45) is 0.994. The highest BCUT2D eigenvalue weighted by atomic mass is 79.9. The van der Waals surface area contributed by atoms with Gasteiger partial charge in [0.1, 0.15) is 0 Å². The van der Waals surface area contributed by atoms with E-state index >= 15 is 0 Å². The molecule has 0 aromatic heterocycles. The molecule has 92 valence electrons. The molecular weight excluding hydrogens is 282 g/mol. The van der Waals surface area contributed by atoms with Crippen LogP contribution in [0.2, 0.25) is 0 Å². The summed E-state index contributed by atoms with van der Waals surface area (Å²) >= 11 is 3.45. The van der Waals surface area contributed by atoms with Crippen LogP contribution >= 0.6 is 15.9 Å². The normalized spacial score (nSPS) is 23.7. The predicted octanol–water partition coefficient (Wildman–Crippen LogP) is 3.12. The summed E-state index contributed by atoms with van der Waals surface area (Å²) in [5.41, 5.74) is 1.91. The second-order valence-corrected chi connectivity index (χ2v) is 5.33. The Morgan fingerprint density at radius 2 is 2.29 bits per heavy atom. The second-order valence-electron chi connectivity index (χ2n) is 4.48. The first kappa shape index (κ1) is 12.6. The molecule has 3 nitrogen and oxygen atoms in total. The van der Waals surface area contributed by atoms with Crippen molar-refractivity contribution in [2.45, 2.75) is 26.4 Å². The quantitative estimate of drug-likeness (QED) is 0.911. The number of rotatable bonds is 2. The lowest BCUT2D eigenvalue weighted by Crippen LogP contribution is -2.23. The van der Waals surface area contributed by atoms with Crippen molar-refractivity contribution in [3.05, 3.63) is 28.2 Å². The van der Waals surface area contributed by atoms with Gasteiger partial charge in [-0.15, -0.1) is 0 Å². The van der Waals surface area contributed by atoms with Crippen LogP contribution in [0.4, 0.5) is 5.69 Å². The van der Waals surface area contributed by atoms with Gasteiger partial charge in [0.05, 0.1) is 18.6 Å². The smallest absolute Gasteiger partial charge is 0.229 e. The van der Waals surface area contributed by atoms with E-state index in [9.17, 15) is 4.79 Å². The number of nitrogens with one attached hydrogen (secondary N) is 1. The highest BCUT2D eigenvalue weighted by Crippen LogP contribution is 2.25. The highest BCUT2D eigenvalue weighted by molar-refractivity contribution is 9.10. The Hall–Kier alpha value is -0.870. The van der Waals surface area contributed by atoms with Crippen molar-refractivity contribution in [1.82, 2.24) is 0 Å². The maximum atomic E-state index is 12.0. The summed E-state index contributed by atoms with van der Waals surface area (Å²) in [5.74, 6) is 0.0268. The molecule has 1 amide bonds. The van der Waals surface area contributed by atoms with Crippen LogP contribution < -0.4 is 5.32 Å². The highest BCUT2D eigenvalue weighted by Gasteiger charge is 2.28. The third kappa shape index (κ3) is 2.87. The van der Waals surface area contributed by atoms with Gasteiger partial charge in [-0.1, -0.05) is 22.0 Å². The number of halogens is 1. The molecule has 2 atom stereocenters. The number of benzene rings is 1. The zero-order chi connectivity index (χ0) is 12.4. The molecule has 0 radical (unpaired) electrons. The van der Waals surface area contributed by atoms with Gasteiger partial charge in [-0.3, -0.25) is 4.79 Å². The van der Waals surface area contributed by atoms with Crippen molar-refractivity contribution >= 4 is 27.5 Å². The maximum absolute atomic E-state index is 12.0. The maximum Gasteiger partial charge on any atom is 0.229 e. The number of carbonyl (C=O) groups is 1. The van der Waals surface area contributed by atoms with Crippen LogP contribution in [0.1, 0.15) is 18.9 Å². The molecule has 1 saturated heterocycles. The van der Waals surface area contributed by atoms with Gasteiger partial charge in [-0.2, -0.15) is 0 Å². The van der Waals surface area contributed by atoms with Crippen LogP contribution in [0.15, 0.2) is 22.7 Å². The molecule has 1 N–H and O–H groups in total. The summed E-state index contributed by atoms with van der Waals surface area (Å²) in [6.45, 7) is 4.51. The van der Waals surface area contributed by atoms with E-state index < -0.39 is 0 Å². The summed E-state index contributed by atoms with van der Waals surface area (Å²) in [7, 11) is 0. The lowest BCUT2D eigenvalue weighted by atomic mass is 10.1. The molecule has 0 saturated carbocycles. The van der Waals surface area contributed by atoms with Gasteiger partial charge in [0.15, 0.2) is 0 Å². The number of amides is 1.